The van der Waals surface area contributed by atoms with Crippen LogP contribution in [-0.4, -0.2) is 54.8 Å². The smallest absolute Gasteiger partial charge is 0.170 e. The van der Waals surface area contributed by atoms with Gasteiger partial charge in [0.2, 0.25) is 0 Å². The Morgan fingerprint density at radius 3 is 2.73 bits per heavy atom. The lowest BCUT2D eigenvalue weighted by atomic mass is 9.89. The van der Waals surface area contributed by atoms with Gasteiger partial charge >= 0.3 is 0 Å². The van der Waals surface area contributed by atoms with Gasteiger partial charge in [-0.15, -0.1) is 0 Å². The molecule has 0 N–H and O–H groups in total. The average molecular weight is 505 g/mol. The summed E-state index contributed by atoms with van der Waals surface area (Å²) in [7, 11) is 1.62. The summed E-state index contributed by atoms with van der Waals surface area (Å²) in [6.07, 6.45) is 7.86. The Hall–Kier alpha value is -3.29. The summed E-state index contributed by atoms with van der Waals surface area (Å²) < 4.78 is 30.8. The molecule has 1 aliphatic carbocycles. The van der Waals surface area contributed by atoms with Gasteiger partial charge in [0.1, 0.15) is 5.82 Å². The number of Topliss-reactive ketones (excluding diaryl/α,β-unsaturated/α-hetero) is 1. The van der Waals surface area contributed by atoms with E-state index in [0.29, 0.717) is 18.6 Å². The number of hydrogen-bond acceptors (Lipinski definition) is 6. The highest BCUT2D eigenvalue weighted by atomic mass is 19.1. The molecule has 2 heterocycles. The molecule has 0 bridgehead atoms. The topological polar surface area (TPSA) is 64.8 Å². The van der Waals surface area contributed by atoms with Crippen molar-refractivity contribution in [3.8, 4) is 0 Å². The Kier molecular flexibility index (Phi) is 7.53. The summed E-state index contributed by atoms with van der Waals surface area (Å²) in [6, 6.07) is 15.0. The standard InChI is InChI=1S/C30H33FN2O4/c1-21(34)30(14-6-9-26(18-30)35-2)36-20-24(22-7-4-3-5-8-22)19-33-15-12-23(13-16-33)29-27-11-10-25(31)17-28(27)37-32-29/h3-11,14,17,23-24H,12-13,15-16,18-20H2,1-2H3. The molecule has 1 aliphatic heterocycles. The molecule has 2 aliphatic rings. The third-order valence-corrected chi connectivity index (χ3v) is 7.67. The molecule has 37 heavy (non-hydrogen) atoms. The van der Waals surface area contributed by atoms with Crippen molar-refractivity contribution in [1.82, 2.24) is 10.1 Å². The number of ether oxygens (including phenoxy) is 2. The zero-order valence-corrected chi connectivity index (χ0v) is 21.4. The van der Waals surface area contributed by atoms with E-state index < -0.39 is 5.60 Å². The van der Waals surface area contributed by atoms with E-state index in [2.05, 4.69) is 22.2 Å². The zero-order chi connectivity index (χ0) is 25.8. The van der Waals surface area contributed by atoms with Crippen LogP contribution in [0.2, 0.25) is 0 Å². The summed E-state index contributed by atoms with van der Waals surface area (Å²) in [4.78, 5) is 15.1. The molecular formula is C30H33FN2O4. The van der Waals surface area contributed by atoms with Gasteiger partial charge in [0, 0.05) is 36.3 Å². The van der Waals surface area contributed by atoms with Crippen molar-refractivity contribution in [1.29, 1.82) is 0 Å². The SMILES string of the molecule is COC1=CC=CC(OCC(CN2CCC(c3noc4cc(F)ccc34)CC2)c2ccccc2)(C(C)=O)C1. The van der Waals surface area contributed by atoms with Gasteiger partial charge < -0.3 is 18.9 Å². The first-order valence-corrected chi connectivity index (χ1v) is 12.9. The molecule has 2 aromatic carbocycles. The molecule has 0 spiro atoms. The van der Waals surface area contributed by atoms with Crippen LogP contribution >= 0.6 is 0 Å². The molecule has 1 aromatic heterocycles. The molecule has 2 unspecified atom stereocenters. The highest BCUT2D eigenvalue weighted by Crippen LogP contribution is 2.34. The molecule has 7 heteroatoms. The highest BCUT2D eigenvalue weighted by molar-refractivity contribution is 5.88. The van der Waals surface area contributed by atoms with Crippen LogP contribution < -0.4 is 0 Å². The fourth-order valence-electron chi connectivity index (χ4n) is 5.43. The number of benzene rings is 2. The normalized spacial score (nSPS) is 21.6. The van der Waals surface area contributed by atoms with Crippen LogP contribution in [0.3, 0.4) is 0 Å². The van der Waals surface area contributed by atoms with Gasteiger partial charge in [-0.3, -0.25) is 4.79 Å². The van der Waals surface area contributed by atoms with Gasteiger partial charge in [-0.25, -0.2) is 4.39 Å². The van der Waals surface area contributed by atoms with Crippen LogP contribution in [0.15, 0.2) is 77.0 Å². The molecule has 0 amide bonds. The van der Waals surface area contributed by atoms with Gasteiger partial charge in [-0.1, -0.05) is 41.6 Å². The van der Waals surface area contributed by atoms with Gasteiger partial charge in [0.25, 0.3) is 0 Å². The Morgan fingerprint density at radius 2 is 2.00 bits per heavy atom. The lowest BCUT2D eigenvalue weighted by molar-refractivity contribution is -0.138. The van der Waals surface area contributed by atoms with E-state index in [0.717, 1.165) is 49.3 Å². The Labute approximate surface area is 216 Å². The summed E-state index contributed by atoms with van der Waals surface area (Å²) in [5.41, 5.74) is 1.61. The maximum atomic E-state index is 13.6. The monoisotopic (exact) mass is 504 g/mol. The minimum atomic E-state index is -1.01. The maximum Gasteiger partial charge on any atom is 0.170 e. The van der Waals surface area contributed by atoms with E-state index in [4.69, 9.17) is 14.0 Å². The van der Waals surface area contributed by atoms with Crippen LogP contribution in [0.5, 0.6) is 0 Å². The van der Waals surface area contributed by atoms with E-state index in [1.165, 1.54) is 17.7 Å². The third kappa shape index (κ3) is 5.53. The first-order chi connectivity index (χ1) is 18.0. The average Bonchev–Trinajstić information content (AvgIpc) is 3.35. The molecule has 0 saturated carbocycles. The highest BCUT2D eigenvalue weighted by Gasteiger charge is 2.38. The summed E-state index contributed by atoms with van der Waals surface area (Å²) in [5.74, 6) is 0.777. The van der Waals surface area contributed by atoms with Crippen molar-refractivity contribution < 1.29 is 23.2 Å². The van der Waals surface area contributed by atoms with E-state index in [-0.39, 0.29) is 23.4 Å². The van der Waals surface area contributed by atoms with E-state index in [1.54, 1.807) is 20.1 Å². The van der Waals surface area contributed by atoms with Crippen LogP contribution in [-0.2, 0) is 14.3 Å². The summed E-state index contributed by atoms with van der Waals surface area (Å²) in [6.45, 7) is 4.65. The molecule has 6 nitrogen and oxygen atoms in total. The number of aromatic nitrogens is 1. The number of methoxy groups -OCH3 is 1. The summed E-state index contributed by atoms with van der Waals surface area (Å²) in [5, 5.41) is 5.18. The predicted molar refractivity (Wildman–Crippen MR) is 140 cm³/mol. The predicted octanol–water partition coefficient (Wildman–Crippen LogP) is 5.76. The minimum Gasteiger partial charge on any atom is -0.501 e. The molecule has 3 aromatic rings. The van der Waals surface area contributed by atoms with E-state index in [9.17, 15) is 9.18 Å². The number of carbonyl (C=O) groups excluding carboxylic acids is 1. The van der Waals surface area contributed by atoms with Gasteiger partial charge in [0.05, 0.1) is 25.2 Å². The maximum absolute atomic E-state index is 13.6. The Bertz CT molecular complexity index is 1290. The number of piperidine rings is 1. The fourth-order valence-corrected chi connectivity index (χ4v) is 5.43. The van der Waals surface area contributed by atoms with Gasteiger partial charge in [0.15, 0.2) is 17.0 Å². The largest absolute Gasteiger partial charge is 0.501 e. The van der Waals surface area contributed by atoms with E-state index in [1.807, 2.05) is 36.4 Å². The number of ketones is 1. The summed E-state index contributed by atoms with van der Waals surface area (Å²) >= 11 is 0. The van der Waals surface area contributed by atoms with E-state index >= 15 is 0 Å². The number of carbonyl (C=O) groups is 1. The quantitative estimate of drug-likeness (QED) is 0.369. The lowest BCUT2D eigenvalue weighted by Crippen LogP contribution is -2.42. The van der Waals surface area contributed by atoms with Gasteiger partial charge in [-0.05, 0) is 62.7 Å². The van der Waals surface area contributed by atoms with Crippen molar-refractivity contribution in [2.45, 2.75) is 43.6 Å². The second kappa shape index (κ2) is 11.0. The molecule has 2 atom stereocenters. The van der Waals surface area contributed by atoms with Gasteiger partial charge in [-0.2, -0.15) is 0 Å². The molecular weight excluding hydrogens is 471 g/mol. The van der Waals surface area contributed by atoms with Crippen LogP contribution in [0.4, 0.5) is 4.39 Å². The number of nitrogens with zero attached hydrogens (tertiary/aromatic N) is 2. The minimum absolute atomic E-state index is 0.0289. The fraction of sp³-hybridized carbons (Fsp3) is 0.400. The second-order valence-electron chi connectivity index (χ2n) is 10.0. The number of rotatable bonds is 9. The Morgan fingerprint density at radius 1 is 1.22 bits per heavy atom. The number of allylic oxidation sites excluding steroid dienone is 2. The number of fused-ring (bicyclic) bond motifs is 1. The van der Waals surface area contributed by atoms with Crippen molar-refractivity contribution in [2.75, 3.05) is 33.4 Å². The number of halogens is 1. The molecule has 5 rings (SSSR count). The molecule has 1 fully saturated rings. The number of hydrogen-bond donors (Lipinski definition) is 0. The van der Waals surface area contributed by atoms with Crippen LogP contribution in [0.25, 0.3) is 11.0 Å². The Balaban J connectivity index is 1.26. The first-order valence-electron chi connectivity index (χ1n) is 12.9. The second-order valence-corrected chi connectivity index (χ2v) is 10.0. The lowest BCUT2D eigenvalue weighted by Gasteiger charge is -2.36. The van der Waals surface area contributed by atoms with Crippen molar-refractivity contribution in [3.63, 3.8) is 0 Å². The molecule has 1 saturated heterocycles. The first kappa shape index (κ1) is 25.4. The number of likely N-dealkylation sites (tertiary alicyclic amines) is 1. The molecule has 194 valence electrons. The van der Waals surface area contributed by atoms with Crippen molar-refractivity contribution in [3.05, 3.63) is 89.6 Å². The van der Waals surface area contributed by atoms with Crippen molar-refractivity contribution in [2.24, 2.45) is 0 Å². The molecule has 0 radical (unpaired) electrons. The third-order valence-electron chi connectivity index (χ3n) is 7.67. The van der Waals surface area contributed by atoms with Crippen LogP contribution in [0, 0.1) is 5.82 Å². The van der Waals surface area contributed by atoms with Crippen LogP contribution in [0.1, 0.15) is 49.3 Å². The zero-order valence-electron chi connectivity index (χ0n) is 21.4. The van der Waals surface area contributed by atoms with Crippen molar-refractivity contribution >= 4 is 16.8 Å².